The molecular formula is C25H26ClN3O3. The quantitative estimate of drug-likeness (QED) is 0.510. The van der Waals surface area contributed by atoms with Crippen LogP contribution >= 0.6 is 11.6 Å². The molecule has 0 aliphatic heterocycles. The molecule has 0 bridgehead atoms. The second-order valence-corrected chi connectivity index (χ2v) is 7.82. The van der Waals surface area contributed by atoms with Gasteiger partial charge >= 0.3 is 0 Å². The van der Waals surface area contributed by atoms with Gasteiger partial charge in [0, 0.05) is 16.3 Å². The van der Waals surface area contributed by atoms with Gasteiger partial charge in [0.05, 0.1) is 25.4 Å². The summed E-state index contributed by atoms with van der Waals surface area (Å²) in [6, 6.07) is 21.9. The van der Waals surface area contributed by atoms with Gasteiger partial charge < -0.3 is 15.4 Å². The Hall–Kier alpha value is -3.35. The molecule has 0 saturated carbocycles. The van der Waals surface area contributed by atoms with Crippen molar-refractivity contribution in [1.29, 1.82) is 0 Å². The fourth-order valence-electron chi connectivity index (χ4n) is 3.23. The van der Waals surface area contributed by atoms with Crippen LogP contribution in [0.4, 0.5) is 11.4 Å². The molecule has 0 aliphatic rings. The number of rotatable bonds is 8. The predicted molar refractivity (Wildman–Crippen MR) is 129 cm³/mol. The average Bonchev–Trinajstić information content (AvgIpc) is 2.79. The van der Waals surface area contributed by atoms with Gasteiger partial charge in [-0.25, -0.2) is 0 Å². The summed E-state index contributed by atoms with van der Waals surface area (Å²) in [6.07, 6.45) is 0. The van der Waals surface area contributed by atoms with Gasteiger partial charge in [-0.2, -0.15) is 0 Å². The number of para-hydroxylation sites is 1. The zero-order chi connectivity index (χ0) is 23.1. The minimum atomic E-state index is -0.536. The van der Waals surface area contributed by atoms with Crippen molar-refractivity contribution in [2.24, 2.45) is 0 Å². The summed E-state index contributed by atoms with van der Waals surface area (Å²) < 4.78 is 5.25. The first-order valence-corrected chi connectivity index (χ1v) is 10.6. The summed E-state index contributed by atoms with van der Waals surface area (Å²) in [5.74, 6) is 0.0233. The first kappa shape index (κ1) is 23.3. The molecule has 3 aromatic carbocycles. The van der Waals surface area contributed by atoms with Gasteiger partial charge in [0.2, 0.25) is 11.8 Å². The van der Waals surface area contributed by atoms with E-state index in [4.69, 9.17) is 16.3 Å². The lowest BCUT2D eigenvalue weighted by Gasteiger charge is -2.24. The number of halogens is 1. The van der Waals surface area contributed by atoms with Crippen molar-refractivity contribution in [1.82, 2.24) is 4.90 Å². The van der Waals surface area contributed by atoms with Crippen molar-refractivity contribution in [3.8, 4) is 16.9 Å². The summed E-state index contributed by atoms with van der Waals surface area (Å²) in [5.41, 5.74) is 3.14. The highest BCUT2D eigenvalue weighted by atomic mass is 35.5. The second kappa shape index (κ2) is 10.8. The minimum absolute atomic E-state index is 0.0184. The standard InChI is InChI=1S/C25H26ClN3O3/c1-17(29(2)16-24(30)27-22-15-19(26)13-14-23(22)32-3)25(31)28-21-12-8-7-11-20(21)18-9-5-4-6-10-18/h4-15,17H,16H2,1-3H3,(H,27,30)(H,28,31). The lowest BCUT2D eigenvalue weighted by atomic mass is 10.0. The Morgan fingerprint density at radius 2 is 1.66 bits per heavy atom. The molecule has 0 aliphatic carbocycles. The van der Waals surface area contributed by atoms with Gasteiger partial charge in [-0.3, -0.25) is 14.5 Å². The van der Waals surface area contributed by atoms with Crippen LogP contribution in [0.5, 0.6) is 5.75 Å². The fourth-order valence-corrected chi connectivity index (χ4v) is 3.40. The Kier molecular flexibility index (Phi) is 7.87. The third kappa shape index (κ3) is 5.87. The van der Waals surface area contributed by atoms with E-state index in [1.807, 2.05) is 54.6 Å². The Bertz CT molecular complexity index is 1090. The number of carbonyl (C=O) groups is 2. The summed E-state index contributed by atoms with van der Waals surface area (Å²) in [7, 11) is 3.24. The molecular weight excluding hydrogens is 426 g/mol. The van der Waals surface area contributed by atoms with Crippen molar-refractivity contribution in [3.63, 3.8) is 0 Å². The summed E-state index contributed by atoms with van der Waals surface area (Å²) in [5, 5.41) is 6.26. The zero-order valence-electron chi connectivity index (χ0n) is 18.3. The maximum atomic E-state index is 12.9. The van der Waals surface area contributed by atoms with Gasteiger partial charge in [0.1, 0.15) is 5.75 Å². The first-order chi connectivity index (χ1) is 15.4. The lowest BCUT2D eigenvalue weighted by molar-refractivity contribution is -0.122. The molecule has 0 radical (unpaired) electrons. The van der Waals surface area contributed by atoms with Crippen molar-refractivity contribution >= 4 is 34.8 Å². The minimum Gasteiger partial charge on any atom is -0.495 e. The predicted octanol–water partition coefficient (Wildman–Crippen LogP) is 4.91. The molecule has 0 saturated heterocycles. The largest absolute Gasteiger partial charge is 0.495 e. The number of carbonyl (C=O) groups excluding carboxylic acids is 2. The zero-order valence-corrected chi connectivity index (χ0v) is 19.0. The van der Waals surface area contributed by atoms with E-state index in [9.17, 15) is 9.59 Å². The summed E-state index contributed by atoms with van der Waals surface area (Å²) >= 11 is 6.02. The average molecular weight is 452 g/mol. The topological polar surface area (TPSA) is 70.7 Å². The normalized spacial score (nSPS) is 11.7. The number of anilines is 2. The number of ether oxygens (including phenoxy) is 1. The fraction of sp³-hybridized carbons (Fsp3) is 0.200. The van der Waals surface area contributed by atoms with Crippen molar-refractivity contribution in [2.45, 2.75) is 13.0 Å². The van der Waals surface area contributed by atoms with E-state index in [0.29, 0.717) is 16.5 Å². The van der Waals surface area contributed by atoms with Crippen LogP contribution in [-0.4, -0.2) is 43.5 Å². The van der Waals surface area contributed by atoms with E-state index in [2.05, 4.69) is 10.6 Å². The number of likely N-dealkylation sites (N-methyl/N-ethyl adjacent to an activating group) is 1. The molecule has 7 heteroatoms. The molecule has 3 aromatic rings. The smallest absolute Gasteiger partial charge is 0.241 e. The monoisotopic (exact) mass is 451 g/mol. The maximum Gasteiger partial charge on any atom is 0.241 e. The van der Waals surface area contributed by atoms with Gasteiger partial charge in [-0.05, 0) is 43.8 Å². The molecule has 1 atom stereocenters. The van der Waals surface area contributed by atoms with E-state index < -0.39 is 6.04 Å². The van der Waals surface area contributed by atoms with Gasteiger partial charge in [0.25, 0.3) is 0 Å². The highest BCUT2D eigenvalue weighted by Crippen LogP contribution is 2.28. The van der Waals surface area contributed by atoms with Crippen LogP contribution in [0.15, 0.2) is 72.8 Å². The maximum absolute atomic E-state index is 12.9. The number of hydrogen-bond acceptors (Lipinski definition) is 4. The van der Waals surface area contributed by atoms with E-state index in [1.54, 1.807) is 37.1 Å². The van der Waals surface area contributed by atoms with Crippen LogP contribution in [0.3, 0.4) is 0 Å². The van der Waals surface area contributed by atoms with Gasteiger partial charge in [-0.15, -0.1) is 0 Å². The van der Waals surface area contributed by atoms with Crippen molar-refractivity contribution in [3.05, 3.63) is 77.8 Å². The number of hydrogen-bond donors (Lipinski definition) is 2. The van der Waals surface area contributed by atoms with E-state index in [-0.39, 0.29) is 18.4 Å². The summed E-state index contributed by atoms with van der Waals surface area (Å²) in [6.45, 7) is 1.78. The lowest BCUT2D eigenvalue weighted by Crippen LogP contribution is -2.43. The Labute approximate surface area is 193 Å². The first-order valence-electron chi connectivity index (χ1n) is 10.2. The molecule has 0 heterocycles. The van der Waals surface area contributed by atoms with Crippen LogP contribution in [-0.2, 0) is 9.59 Å². The van der Waals surface area contributed by atoms with E-state index in [0.717, 1.165) is 16.8 Å². The molecule has 166 valence electrons. The molecule has 1 unspecified atom stereocenters. The molecule has 0 spiro atoms. The van der Waals surface area contributed by atoms with Gasteiger partial charge in [0.15, 0.2) is 0 Å². The molecule has 2 amide bonds. The molecule has 6 nitrogen and oxygen atoms in total. The summed E-state index contributed by atoms with van der Waals surface area (Å²) in [4.78, 5) is 27.1. The van der Waals surface area contributed by atoms with Crippen LogP contribution in [0.1, 0.15) is 6.92 Å². The Morgan fingerprint density at radius 3 is 2.38 bits per heavy atom. The molecule has 0 fully saturated rings. The molecule has 32 heavy (non-hydrogen) atoms. The Morgan fingerprint density at radius 1 is 0.969 bits per heavy atom. The third-order valence-electron chi connectivity index (χ3n) is 5.14. The second-order valence-electron chi connectivity index (χ2n) is 7.38. The van der Waals surface area contributed by atoms with E-state index >= 15 is 0 Å². The highest BCUT2D eigenvalue weighted by Gasteiger charge is 2.21. The number of nitrogens with zero attached hydrogens (tertiary/aromatic N) is 1. The molecule has 2 N–H and O–H groups in total. The van der Waals surface area contributed by atoms with Crippen LogP contribution in [0.25, 0.3) is 11.1 Å². The number of benzene rings is 3. The number of nitrogens with one attached hydrogen (secondary N) is 2. The number of amides is 2. The highest BCUT2D eigenvalue weighted by molar-refractivity contribution is 6.31. The van der Waals surface area contributed by atoms with Crippen molar-refractivity contribution < 1.29 is 14.3 Å². The van der Waals surface area contributed by atoms with Crippen LogP contribution < -0.4 is 15.4 Å². The Balaban J connectivity index is 1.64. The number of methoxy groups -OCH3 is 1. The van der Waals surface area contributed by atoms with Crippen LogP contribution in [0.2, 0.25) is 5.02 Å². The third-order valence-corrected chi connectivity index (χ3v) is 5.37. The van der Waals surface area contributed by atoms with Gasteiger partial charge in [-0.1, -0.05) is 60.1 Å². The molecule has 0 aromatic heterocycles. The SMILES string of the molecule is COc1ccc(Cl)cc1NC(=O)CN(C)C(C)C(=O)Nc1ccccc1-c1ccccc1. The molecule has 3 rings (SSSR count). The van der Waals surface area contributed by atoms with Crippen LogP contribution in [0, 0.1) is 0 Å². The van der Waals surface area contributed by atoms with Crippen molar-refractivity contribution in [2.75, 3.05) is 31.3 Å². The van der Waals surface area contributed by atoms with E-state index in [1.165, 1.54) is 7.11 Å².